The topological polar surface area (TPSA) is 38.3 Å². The maximum Gasteiger partial charge on any atom is 0.137 e. The molecule has 12 heavy (non-hydrogen) atoms. The fourth-order valence-electron chi connectivity index (χ4n) is 2.11. The number of morpholine rings is 1. The van der Waals surface area contributed by atoms with Crippen LogP contribution in [0.5, 0.6) is 0 Å². The minimum Gasteiger partial charge on any atom is -0.378 e. The van der Waals surface area contributed by atoms with Gasteiger partial charge in [0, 0.05) is 24.9 Å². The van der Waals surface area contributed by atoms with Gasteiger partial charge in [0.15, 0.2) is 0 Å². The molecular formula is C9H15NO2. The zero-order valence-corrected chi connectivity index (χ0v) is 7.21. The molecule has 1 aliphatic heterocycles. The maximum atomic E-state index is 11.4. The van der Waals surface area contributed by atoms with Crippen molar-refractivity contribution in [1.82, 2.24) is 5.32 Å². The summed E-state index contributed by atoms with van der Waals surface area (Å²) in [7, 11) is 0. The Morgan fingerprint density at radius 2 is 2.42 bits per heavy atom. The fourth-order valence-corrected chi connectivity index (χ4v) is 2.11. The van der Waals surface area contributed by atoms with Gasteiger partial charge in [-0.25, -0.2) is 0 Å². The first-order valence-electron chi connectivity index (χ1n) is 4.72. The predicted molar refractivity (Wildman–Crippen MR) is 45.0 cm³/mol. The first-order valence-corrected chi connectivity index (χ1v) is 4.72. The van der Waals surface area contributed by atoms with E-state index in [1.807, 2.05) is 0 Å². The second-order valence-corrected chi connectivity index (χ2v) is 3.60. The molecule has 0 spiro atoms. The number of hydrogen-bond donors (Lipinski definition) is 1. The summed E-state index contributed by atoms with van der Waals surface area (Å²) in [6.07, 6.45) is 2.91. The quantitative estimate of drug-likeness (QED) is 0.615. The highest BCUT2D eigenvalue weighted by Gasteiger charge is 2.32. The highest BCUT2D eigenvalue weighted by molar-refractivity contribution is 5.83. The van der Waals surface area contributed by atoms with E-state index in [1.54, 1.807) is 0 Å². The fraction of sp³-hybridized carbons (Fsp3) is 0.889. The number of ketones is 1. The number of carbonyl (C=O) groups excluding carboxylic acids is 1. The molecule has 3 nitrogen and oxygen atoms in total. The van der Waals surface area contributed by atoms with E-state index in [1.165, 1.54) is 0 Å². The molecule has 3 heteroatoms. The predicted octanol–water partition coefficient (Wildman–Crippen LogP) is 0.344. The first-order chi connectivity index (χ1) is 5.88. The largest absolute Gasteiger partial charge is 0.378 e. The van der Waals surface area contributed by atoms with Gasteiger partial charge in [-0.2, -0.15) is 0 Å². The normalized spacial score (nSPS) is 37.2. The second-order valence-electron chi connectivity index (χ2n) is 3.60. The van der Waals surface area contributed by atoms with Crippen LogP contribution in [0.3, 0.4) is 0 Å². The molecule has 0 aromatic heterocycles. The highest BCUT2D eigenvalue weighted by atomic mass is 16.5. The van der Waals surface area contributed by atoms with E-state index in [4.69, 9.17) is 4.74 Å². The lowest BCUT2D eigenvalue weighted by molar-refractivity contribution is -0.122. The summed E-state index contributed by atoms with van der Waals surface area (Å²) in [5, 5.41) is 3.35. The minimum absolute atomic E-state index is 0.241. The van der Waals surface area contributed by atoms with Crippen LogP contribution in [0.4, 0.5) is 0 Å². The van der Waals surface area contributed by atoms with E-state index in [2.05, 4.69) is 5.32 Å². The minimum atomic E-state index is 0.241. The number of hydrogen-bond acceptors (Lipinski definition) is 3. The average molecular weight is 169 g/mol. The molecule has 0 aromatic carbocycles. The molecule has 0 radical (unpaired) electrons. The number of rotatable bonds is 1. The summed E-state index contributed by atoms with van der Waals surface area (Å²) in [6, 6.07) is 0.300. The van der Waals surface area contributed by atoms with Crippen LogP contribution in [0.2, 0.25) is 0 Å². The second kappa shape index (κ2) is 3.54. The Hall–Kier alpha value is -0.410. The number of nitrogens with one attached hydrogen (secondary N) is 1. The van der Waals surface area contributed by atoms with Crippen LogP contribution in [0.1, 0.15) is 19.3 Å². The van der Waals surface area contributed by atoms with Crippen LogP contribution in [0.15, 0.2) is 0 Å². The molecule has 1 heterocycles. The van der Waals surface area contributed by atoms with E-state index in [0.29, 0.717) is 11.8 Å². The van der Waals surface area contributed by atoms with Crippen molar-refractivity contribution in [2.75, 3.05) is 19.8 Å². The van der Waals surface area contributed by atoms with Crippen LogP contribution in [0, 0.1) is 5.92 Å². The Morgan fingerprint density at radius 1 is 1.50 bits per heavy atom. The standard InChI is InChI=1S/C9H15NO2/c11-9-3-1-2-7(9)8-6-12-5-4-10-8/h7-8,10H,1-6H2/t7-,8+/m1/s1. The van der Waals surface area contributed by atoms with Crippen molar-refractivity contribution in [2.45, 2.75) is 25.3 Å². The van der Waals surface area contributed by atoms with Crippen molar-refractivity contribution in [1.29, 1.82) is 0 Å². The van der Waals surface area contributed by atoms with Gasteiger partial charge in [-0.15, -0.1) is 0 Å². The molecule has 0 amide bonds. The maximum absolute atomic E-state index is 11.4. The SMILES string of the molecule is O=C1CCC[C@@H]1[C@@H]1COCCN1. The van der Waals surface area contributed by atoms with Gasteiger partial charge in [-0.05, 0) is 12.8 Å². The Balaban J connectivity index is 1.93. The molecule has 0 bridgehead atoms. The molecule has 1 saturated heterocycles. The van der Waals surface area contributed by atoms with Crippen LogP contribution >= 0.6 is 0 Å². The summed E-state index contributed by atoms with van der Waals surface area (Å²) < 4.78 is 5.33. The van der Waals surface area contributed by atoms with Crippen molar-refractivity contribution in [3.05, 3.63) is 0 Å². The van der Waals surface area contributed by atoms with Crippen LogP contribution in [-0.2, 0) is 9.53 Å². The van der Waals surface area contributed by atoms with Crippen LogP contribution in [-0.4, -0.2) is 31.6 Å². The Labute approximate surface area is 72.5 Å². The Morgan fingerprint density at radius 3 is 3.00 bits per heavy atom. The van der Waals surface area contributed by atoms with E-state index < -0.39 is 0 Å². The molecule has 2 fully saturated rings. The summed E-state index contributed by atoms with van der Waals surface area (Å²) in [5.41, 5.74) is 0. The number of carbonyl (C=O) groups is 1. The van der Waals surface area contributed by atoms with Gasteiger partial charge >= 0.3 is 0 Å². The monoisotopic (exact) mass is 169 g/mol. The third kappa shape index (κ3) is 1.52. The molecule has 2 rings (SSSR count). The average Bonchev–Trinajstić information content (AvgIpc) is 2.53. The van der Waals surface area contributed by atoms with Crippen LogP contribution < -0.4 is 5.32 Å². The number of Topliss-reactive ketones (excluding diaryl/α,β-unsaturated/α-hetero) is 1. The zero-order valence-electron chi connectivity index (χ0n) is 7.21. The van der Waals surface area contributed by atoms with Gasteiger partial charge in [0.05, 0.1) is 13.2 Å². The summed E-state index contributed by atoms with van der Waals surface area (Å²) in [6.45, 7) is 2.41. The summed E-state index contributed by atoms with van der Waals surface area (Å²) in [4.78, 5) is 11.4. The van der Waals surface area contributed by atoms with Crippen LogP contribution in [0.25, 0.3) is 0 Å². The van der Waals surface area contributed by atoms with E-state index in [0.717, 1.165) is 39.0 Å². The number of ether oxygens (including phenoxy) is 1. The van der Waals surface area contributed by atoms with Gasteiger partial charge in [-0.1, -0.05) is 0 Å². The van der Waals surface area contributed by atoms with Crippen molar-refractivity contribution in [3.63, 3.8) is 0 Å². The van der Waals surface area contributed by atoms with Crippen molar-refractivity contribution in [2.24, 2.45) is 5.92 Å². The molecule has 0 aromatic rings. The van der Waals surface area contributed by atoms with Gasteiger partial charge in [0.2, 0.25) is 0 Å². The first kappa shape index (κ1) is 8.20. The Kier molecular flexibility index (Phi) is 2.42. The molecule has 68 valence electrons. The lowest BCUT2D eigenvalue weighted by Gasteiger charge is -2.27. The zero-order chi connectivity index (χ0) is 8.39. The van der Waals surface area contributed by atoms with Crippen molar-refractivity contribution >= 4 is 5.78 Å². The van der Waals surface area contributed by atoms with Gasteiger partial charge in [-0.3, -0.25) is 4.79 Å². The molecule has 1 saturated carbocycles. The molecule has 1 N–H and O–H groups in total. The smallest absolute Gasteiger partial charge is 0.137 e. The summed E-state index contributed by atoms with van der Waals surface area (Å²) in [5.74, 6) is 0.670. The lowest BCUT2D eigenvalue weighted by Crippen LogP contribution is -2.47. The van der Waals surface area contributed by atoms with E-state index in [9.17, 15) is 4.79 Å². The van der Waals surface area contributed by atoms with Gasteiger partial charge in [0.25, 0.3) is 0 Å². The molecule has 2 atom stereocenters. The third-order valence-electron chi connectivity index (χ3n) is 2.79. The van der Waals surface area contributed by atoms with Crippen molar-refractivity contribution in [3.8, 4) is 0 Å². The van der Waals surface area contributed by atoms with Gasteiger partial charge in [0.1, 0.15) is 5.78 Å². The van der Waals surface area contributed by atoms with Crippen molar-refractivity contribution < 1.29 is 9.53 Å². The Bertz CT molecular complexity index is 175. The molecule has 1 aliphatic carbocycles. The van der Waals surface area contributed by atoms with E-state index >= 15 is 0 Å². The van der Waals surface area contributed by atoms with Gasteiger partial charge < -0.3 is 10.1 Å². The molecule has 0 unspecified atom stereocenters. The van der Waals surface area contributed by atoms with E-state index in [-0.39, 0.29) is 5.92 Å². The highest BCUT2D eigenvalue weighted by Crippen LogP contribution is 2.25. The molecular weight excluding hydrogens is 154 g/mol. The molecule has 2 aliphatic rings. The third-order valence-corrected chi connectivity index (χ3v) is 2.79. The lowest BCUT2D eigenvalue weighted by atomic mass is 9.97. The summed E-state index contributed by atoms with van der Waals surface area (Å²) >= 11 is 0.